The maximum absolute atomic E-state index is 12.8. The predicted molar refractivity (Wildman–Crippen MR) is 143 cm³/mol. The molecule has 2 N–H and O–H groups in total. The van der Waals surface area contributed by atoms with E-state index >= 15 is 0 Å². The van der Waals surface area contributed by atoms with Crippen LogP contribution in [0.1, 0.15) is 70.8 Å². The average molecular weight is 611 g/mol. The van der Waals surface area contributed by atoms with E-state index in [2.05, 4.69) is 10.4 Å². The molecule has 9 nitrogen and oxygen atoms in total. The summed E-state index contributed by atoms with van der Waals surface area (Å²) >= 11 is 0. The van der Waals surface area contributed by atoms with Crippen LogP contribution in [0.15, 0.2) is 33.9 Å². The van der Waals surface area contributed by atoms with Crippen molar-refractivity contribution >= 4 is 11.8 Å². The number of aromatic nitrogens is 3. The first-order valence-electron chi connectivity index (χ1n) is 13.7. The topological polar surface area (TPSA) is 115 Å². The van der Waals surface area contributed by atoms with Crippen LogP contribution in [0.4, 0.5) is 32.2 Å². The van der Waals surface area contributed by atoms with Gasteiger partial charge in [-0.1, -0.05) is 25.5 Å². The molecule has 0 aliphatic carbocycles. The molecule has 236 valence electrons. The molecule has 42 heavy (non-hydrogen) atoms. The van der Waals surface area contributed by atoms with Gasteiger partial charge in [0.1, 0.15) is 5.75 Å². The Balaban J connectivity index is 2.05. The van der Waals surface area contributed by atoms with E-state index in [4.69, 9.17) is 4.74 Å². The molecule has 0 saturated carbocycles. The molecule has 0 aliphatic rings. The van der Waals surface area contributed by atoms with Gasteiger partial charge < -0.3 is 15.2 Å². The monoisotopic (exact) mass is 610 g/mol. The lowest BCUT2D eigenvalue weighted by Gasteiger charge is -2.26. The molecule has 0 radical (unpaired) electrons. The number of halogens is 6. The van der Waals surface area contributed by atoms with E-state index in [0.29, 0.717) is 47.1 Å². The fraction of sp³-hybridized carbons (Fsp3) is 0.630. The first-order chi connectivity index (χ1) is 19.5. The van der Waals surface area contributed by atoms with E-state index in [1.165, 1.54) is 6.92 Å². The number of aryl methyl sites for hydroxylation is 2. The van der Waals surface area contributed by atoms with Crippen LogP contribution in [0.3, 0.4) is 0 Å². The van der Waals surface area contributed by atoms with Crippen LogP contribution < -0.4 is 21.3 Å². The number of aliphatic carboxylic acids is 1. The molecule has 2 aromatic rings. The largest absolute Gasteiger partial charge is 0.478 e. The number of hydrogen-bond acceptors (Lipinski definition) is 6. The lowest BCUT2D eigenvalue weighted by molar-refractivity contribution is -0.154. The number of benzene rings is 1. The molecule has 1 unspecified atom stereocenters. The number of anilines is 1. The first kappa shape index (κ1) is 34.7. The number of carboxylic acids is 1. The van der Waals surface area contributed by atoms with Gasteiger partial charge in [0, 0.05) is 32.5 Å². The van der Waals surface area contributed by atoms with Crippen LogP contribution in [0, 0.1) is 0 Å². The summed E-state index contributed by atoms with van der Waals surface area (Å²) < 4.78 is 82.4. The highest BCUT2D eigenvalue weighted by Crippen LogP contribution is 2.25. The minimum absolute atomic E-state index is 0.190. The highest BCUT2D eigenvalue weighted by atomic mass is 19.4. The summed E-state index contributed by atoms with van der Waals surface area (Å²) in [5, 5.41) is 16.1. The Labute approximate surface area is 238 Å². The molecule has 0 bridgehead atoms. The molecule has 0 spiro atoms. The van der Waals surface area contributed by atoms with Crippen molar-refractivity contribution in [1.82, 2.24) is 14.3 Å². The van der Waals surface area contributed by atoms with Gasteiger partial charge in [-0.3, -0.25) is 9.36 Å². The van der Waals surface area contributed by atoms with Crippen molar-refractivity contribution in [3.63, 3.8) is 0 Å². The number of nitrogens with one attached hydrogen (secondary N) is 1. The van der Waals surface area contributed by atoms with E-state index in [0.717, 1.165) is 5.56 Å². The summed E-state index contributed by atoms with van der Waals surface area (Å²) in [5.41, 5.74) is -2.52. The zero-order valence-corrected chi connectivity index (χ0v) is 23.5. The van der Waals surface area contributed by atoms with Gasteiger partial charge in [0.05, 0.1) is 0 Å². The SMILES string of the molecule is CCCC(C)(Oc1cccc(CCCCNc2nn(CCCC(F)(F)F)c(=O)n(CCCC(F)(F)F)c2=O)c1)C(=O)O. The van der Waals surface area contributed by atoms with Crippen molar-refractivity contribution in [1.29, 1.82) is 0 Å². The van der Waals surface area contributed by atoms with Crippen molar-refractivity contribution < 1.29 is 41.0 Å². The first-order valence-corrected chi connectivity index (χ1v) is 13.7. The second kappa shape index (κ2) is 15.1. The lowest BCUT2D eigenvalue weighted by atomic mass is 10.0. The summed E-state index contributed by atoms with van der Waals surface area (Å²) in [6.45, 7) is 2.52. The normalized spacial score (nSPS) is 13.5. The van der Waals surface area contributed by atoms with Crippen LogP contribution in [0.5, 0.6) is 5.75 Å². The van der Waals surface area contributed by atoms with Crippen LogP contribution in [0.25, 0.3) is 0 Å². The van der Waals surface area contributed by atoms with Gasteiger partial charge in [-0.25, -0.2) is 14.3 Å². The van der Waals surface area contributed by atoms with E-state index in [-0.39, 0.29) is 12.4 Å². The maximum Gasteiger partial charge on any atom is 0.389 e. The fourth-order valence-corrected chi connectivity index (χ4v) is 4.25. The number of rotatable bonds is 17. The van der Waals surface area contributed by atoms with Crippen molar-refractivity contribution in [2.24, 2.45) is 0 Å². The third kappa shape index (κ3) is 11.4. The Morgan fingerprint density at radius 2 is 1.62 bits per heavy atom. The molecule has 0 fully saturated rings. The number of hydrogen-bond donors (Lipinski definition) is 2. The molecule has 1 heterocycles. The van der Waals surface area contributed by atoms with Crippen LogP contribution >= 0.6 is 0 Å². The number of alkyl halides is 6. The van der Waals surface area contributed by atoms with Crippen LogP contribution in [0.2, 0.25) is 0 Å². The van der Waals surface area contributed by atoms with Gasteiger partial charge in [-0.2, -0.15) is 26.3 Å². The lowest BCUT2D eigenvalue weighted by Crippen LogP contribution is -2.43. The van der Waals surface area contributed by atoms with Gasteiger partial charge in [0.2, 0.25) is 11.4 Å². The van der Waals surface area contributed by atoms with Crippen LogP contribution in [-0.2, 0) is 24.3 Å². The molecule has 2 rings (SSSR count). The Morgan fingerprint density at radius 1 is 0.976 bits per heavy atom. The average Bonchev–Trinajstić information content (AvgIpc) is 2.87. The Hall–Kier alpha value is -3.52. The molecule has 1 aromatic carbocycles. The van der Waals surface area contributed by atoms with Crippen LogP contribution in [-0.4, -0.2) is 49.9 Å². The minimum atomic E-state index is -4.50. The quantitative estimate of drug-likeness (QED) is 0.178. The summed E-state index contributed by atoms with van der Waals surface area (Å²) in [4.78, 5) is 37.0. The van der Waals surface area contributed by atoms with Gasteiger partial charge in [-0.15, -0.1) is 5.10 Å². The van der Waals surface area contributed by atoms with E-state index in [9.17, 15) is 45.8 Å². The third-order valence-corrected chi connectivity index (χ3v) is 6.40. The zero-order chi connectivity index (χ0) is 31.6. The highest BCUT2D eigenvalue weighted by Gasteiger charge is 2.34. The van der Waals surface area contributed by atoms with Gasteiger partial charge in [-0.05, 0) is 63.1 Å². The summed E-state index contributed by atoms with van der Waals surface area (Å²) in [6, 6.07) is 6.99. The molecular weight excluding hydrogens is 574 g/mol. The zero-order valence-electron chi connectivity index (χ0n) is 23.5. The second-order valence-corrected chi connectivity index (χ2v) is 10.2. The summed E-state index contributed by atoms with van der Waals surface area (Å²) in [7, 11) is 0. The van der Waals surface area contributed by atoms with Gasteiger partial charge in [0.15, 0.2) is 0 Å². The third-order valence-electron chi connectivity index (χ3n) is 6.40. The Bertz CT molecular complexity index is 1290. The molecule has 1 atom stereocenters. The molecular formula is C27H36F6N4O5. The predicted octanol–water partition coefficient (Wildman–Crippen LogP) is 5.55. The summed E-state index contributed by atoms with van der Waals surface area (Å²) in [5.74, 6) is -1.000. The highest BCUT2D eigenvalue weighted by molar-refractivity contribution is 5.77. The molecule has 0 saturated heterocycles. The molecule has 1 aromatic heterocycles. The Kier molecular flexibility index (Phi) is 12.5. The number of nitrogens with zero attached hydrogens (tertiary/aromatic N) is 3. The minimum Gasteiger partial charge on any atom is -0.478 e. The van der Waals surface area contributed by atoms with Crippen molar-refractivity contribution in [2.45, 2.75) is 103 Å². The maximum atomic E-state index is 12.8. The van der Waals surface area contributed by atoms with Gasteiger partial charge in [0.25, 0.3) is 5.56 Å². The fourth-order valence-electron chi connectivity index (χ4n) is 4.25. The van der Waals surface area contributed by atoms with E-state index in [1.54, 1.807) is 18.2 Å². The van der Waals surface area contributed by atoms with Crippen molar-refractivity contribution in [2.75, 3.05) is 11.9 Å². The van der Waals surface area contributed by atoms with E-state index in [1.807, 2.05) is 13.0 Å². The van der Waals surface area contributed by atoms with Crippen molar-refractivity contribution in [3.8, 4) is 5.75 Å². The molecule has 15 heteroatoms. The Morgan fingerprint density at radius 3 is 2.21 bits per heavy atom. The van der Waals surface area contributed by atoms with E-state index < -0.39 is 73.9 Å². The number of carbonyl (C=O) groups is 1. The van der Waals surface area contributed by atoms with Gasteiger partial charge >= 0.3 is 24.0 Å². The molecule has 0 amide bonds. The smallest absolute Gasteiger partial charge is 0.389 e. The number of ether oxygens (including phenoxy) is 1. The second-order valence-electron chi connectivity index (χ2n) is 10.2. The molecule has 0 aliphatic heterocycles. The van der Waals surface area contributed by atoms with Crippen molar-refractivity contribution in [3.05, 3.63) is 50.7 Å². The number of unbranched alkanes of at least 4 members (excludes halogenated alkanes) is 1. The summed E-state index contributed by atoms with van der Waals surface area (Å²) in [6.07, 6.45) is -9.84. The number of carboxylic acid groups (broad SMARTS) is 1. The standard InChI is InChI=1S/C27H36F6N4O5/c1-3-12-25(2,23(39)40)42-20-11-6-10-19(18-20)9-4-5-15-34-21-22(38)36(16-7-13-26(28,29)30)24(41)37(35-21)17-8-14-27(31,32)33/h6,10-11,18H,3-5,7-9,12-17H2,1-2H3,(H,34,35)(H,39,40).